The molecule has 0 aromatic heterocycles. The molecule has 4 N–H and O–H groups in total. The van der Waals surface area contributed by atoms with Gasteiger partial charge in [0.15, 0.2) is 0 Å². The zero-order chi connectivity index (χ0) is 17.3. The third-order valence-corrected chi connectivity index (χ3v) is 4.04. The molecule has 0 spiro atoms. The largest absolute Gasteiger partial charge is 0.475 e. The summed E-state index contributed by atoms with van der Waals surface area (Å²) < 4.78 is 5.35. The monoisotopic (exact) mass is 326 g/mol. The Morgan fingerprint density at radius 3 is 2.57 bits per heavy atom. The van der Waals surface area contributed by atoms with Crippen molar-refractivity contribution in [3.05, 3.63) is 11.8 Å². The van der Waals surface area contributed by atoms with Crippen molar-refractivity contribution in [2.24, 2.45) is 5.73 Å². The molecule has 128 valence electrons. The number of carbonyl (C=O) groups is 3. The van der Waals surface area contributed by atoms with Gasteiger partial charge in [-0.05, 0) is 19.4 Å². The predicted molar refractivity (Wildman–Crippen MR) is 79.7 cm³/mol. The van der Waals surface area contributed by atoms with Gasteiger partial charge in [-0.15, -0.1) is 0 Å². The maximum atomic E-state index is 12.9. The summed E-state index contributed by atoms with van der Waals surface area (Å²) in [6, 6.07) is -1.70. The van der Waals surface area contributed by atoms with E-state index < -0.39 is 30.1 Å². The summed E-state index contributed by atoms with van der Waals surface area (Å²) in [5, 5.41) is 15.0. The molecule has 4 atom stereocenters. The maximum Gasteiger partial charge on any atom is 0.370 e. The van der Waals surface area contributed by atoms with Gasteiger partial charge in [-0.3, -0.25) is 14.6 Å². The van der Waals surface area contributed by atoms with Crippen molar-refractivity contribution in [1.82, 2.24) is 15.3 Å². The first-order valence-corrected chi connectivity index (χ1v) is 7.41. The van der Waals surface area contributed by atoms with Crippen LogP contribution in [0.1, 0.15) is 20.3 Å². The summed E-state index contributed by atoms with van der Waals surface area (Å²) in [6.45, 7) is 3.90. The average Bonchev–Trinajstić information content (AvgIpc) is 2.78. The second-order valence-electron chi connectivity index (χ2n) is 5.88. The van der Waals surface area contributed by atoms with Gasteiger partial charge in [0, 0.05) is 26.6 Å². The molecule has 2 aliphatic rings. The lowest BCUT2D eigenvalue weighted by atomic mass is 9.97. The first-order chi connectivity index (χ1) is 10.7. The summed E-state index contributed by atoms with van der Waals surface area (Å²) in [5.41, 5.74) is 5.93. The van der Waals surface area contributed by atoms with E-state index in [0.29, 0.717) is 6.54 Å². The van der Waals surface area contributed by atoms with Gasteiger partial charge in [-0.2, -0.15) is 0 Å². The molecule has 0 radical (unpaired) electrons. The fourth-order valence-corrected chi connectivity index (χ4v) is 2.92. The molecule has 0 bridgehead atoms. The van der Waals surface area contributed by atoms with E-state index in [-0.39, 0.29) is 17.7 Å². The normalized spacial score (nSPS) is 31.3. The molecule has 0 aromatic carbocycles. The Kier molecular flexibility index (Phi) is 4.90. The highest BCUT2D eigenvalue weighted by Crippen LogP contribution is 2.24. The molecule has 2 aliphatic heterocycles. The van der Waals surface area contributed by atoms with E-state index in [0.717, 1.165) is 6.42 Å². The Morgan fingerprint density at radius 1 is 1.43 bits per heavy atom. The van der Waals surface area contributed by atoms with Gasteiger partial charge < -0.3 is 20.9 Å². The number of ether oxygens (including phenoxy) is 1. The molecule has 1 fully saturated rings. The molecular formula is C14H22N4O5. The highest BCUT2D eigenvalue weighted by molar-refractivity contribution is 5.88. The zero-order valence-corrected chi connectivity index (χ0v) is 13.4. The third-order valence-electron chi connectivity index (χ3n) is 4.04. The third kappa shape index (κ3) is 3.45. The first-order valence-electron chi connectivity index (χ1n) is 7.41. The first kappa shape index (κ1) is 17.2. The summed E-state index contributed by atoms with van der Waals surface area (Å²) in [5.74, 6) is -2.48. The smallest absolute Gasteiger partial charge is 0.370 e. The van der Waals surface area contributed by atoms with Gasteiger partial charge in [0.05, 0.1) is 12.1 Å². The lowest BCUT2D eigenvalue weighted by Crippen LogP contribution is -2.62. The predicted octanol–water partition coefficient (Wildman–Crippen LogP) is -1.35. The summed E-state index contributed by atoms with van der Waals surface area (Å²) in [7, 11) is 1.77. The molecule has 9 heteroatoms. The number of nitrogens with one attached hydrogen (secondary N) is 1. The van der Waals surface area contributed by atoms with Crippen molar-refractivity contribution in [3.63, 3.8) is 0 Å². The number of nitrogens with two attached hydrogens (primary N) is 1. The highest BCUT2D eigenvalue weighted by atomic mass is 16.5. The molecule has 2 rings (SSSR count). The van der Waals surface area contributed by atoms with Gasteiger partial charge >= 0.3 is 5.97 Å². The minimum Gasteiger partial charge on any atom is -0.475 e. The van der Waals surface area contributed by atoms with Crippen molar-refractivity contribution in [1.29, 1.82) is 0 Å². The number of rotatable bonds is 3. The van der Waals surface area contributed by atoms with E-state index >= 15 is 0 Å². The lowest BCUT2D eigenvalue weighted by molar-refractivity contribution is -0.160. The van der Waals surface area contributed by atoms with E-state index in [1.807, 2.05) is 6.92 Å². The van der Waals surface area contributed by atoms with Crippen LogP contribution in [0.5, 0.6) is 0 Å². The van der Waals surface area contributed by atoms with Crippen molar-refractivity contribution < 1.29 is 24.2 Å². The molecule has 1 unspecified atom stereocenters. The molecule has 1 saturated heterocycles. The van der Waals surface area contributed by atoms with Crippen LogP contribution in [0.3, 0.4) is 0 Å². The molecule has 2 amide bonds. The van der Waals surface area contributed by atoms with Crippen molar-refractivity contribution in [3.8, 4) is 0 Å². The molecule has 9 nitrogen and oxygen atoms in total. The fourth-order valence-electron chi connectivity index (χ4n) is 2.92. The van der Waals surface area contributed by atoms with Crippen LogP contribution in [0.4, 0.5) is 0 Å². The number of hydrogen-bond acceptors (Lipinski definition) is 6. The Morgan fingerprint density at radius 2 is 2.09 bits per heavy atom. The van der Waals surface area contributed by atoms with Crippen LogP contribution in [0.25, 0.3) is 0 Å². The van der Waals surface area contributed by atoms with Crippen LogP contribution in [0, 0.1) is 0 Å². The van der Waals surface area contributed by atoms with Crippen molar-refractivity contribution in [2.45, 2.75) is 44.5 Å². The molecule has 23 heavy (non-hydrogen) atoms. The van der Waals surface area contributed by atoms with Crippen LogP contribution < -0.4 is 11.1 Å². The zero-order valence-electron chi connectivity index (χ0n) is 13.4. The van der Waals surface area contributed by atoms with E-state index in [2.05, 4.69) is 5.32 Å². The number of hydrazine groups is 1. The van der Waals surface area contributed by atoms with Gasteiger partial charge in [0.2, 0.25) is 17.8 Å². The Balaban J connectivity index is 2.31. The average molecular weight is 326 g/mol. The second-order valence-corrected chi connectivity index (χ2v) is 5.88. The van der Waals surface area contributed by atoms with E-state index in [4.69, 9.17) is 15.6 Å². The molecular weight excluding hydrogens is 304 g/mol. The summed E-state index contributed by atoms with van der Waals surface area (Å²) in [4.78, 5) is 35.4. The van der Waals surface area contributed by atoms with Gasteiger partial charge in [-0.1, -0.05) is 0 Å². The number of carboxylic acid groups (broad SMARTS) is 1. The fraction of sp³-hybridized carbons (Fsp3) is 0.643. The quantitative estimate of drug-likeness (QED) is 0.586. The number of carboxylic acids is 1. The van der Waals surface area contributed by atoms with Gasteiger partial charge in [0.1, 0.15) is 0 Å². The van der Waals surface area contributed by atoms with Gasteiger partial charge in [-0.25, -0.2) is 9.80 Å². The van der Waals surface area contributed by atoms with Crippen LogP contribution >= 0.6 is 0 Å². The molecule has 0 aromatic rings. The number of hydrogen-bond donors (Lipinski definition) is 3. The SMILES string of the molecule is CC(=O)N[C@@H]1[C@@H](N)C=C(C(=O)O)O[C@H]1C(=O)N1C(C)CCN1C. The number of aliphatic carboxylic acids is 1. The lowest BCUT2D eigenvalue weighted by Gasteiger charge is -2.38. The van der Waals surface area contributed by atoms with Crippen LogP contribution in [-0.2, 0) is 19.1 Å². The topological polar surface area (TPSA) is 125 Å². The number of nitrogens with zero attached hydrogens (tertiary/aromatic N) is 2. The molecule has 0 saturated carbocycles. The van der Waals surface area contributed by atoms with Crippen molar-refractivity contribution >= 4 is 17.8 Å². The van der Waals surface area contributed by atoms with Crippen LogP contribution in [-0.4, -0.2) is 70.7 Å². The Labute approximate surface area is 134 Å². The highest BCUT2D eigenvalue weighted by Gasteiger charge is 2.45. The minimum atomic E-state index is -1.30. The standard InChI is InChI=1S/C14H22N4O5/c1-7-4-5-17(3)18(7)13(20)12-11(16-8(2)19)9(15)6-10(23-12)14(21)22/h6-7,9,11-12H,4-5,15H2,1-3H3,(H,16,19)(H,21,22)/t7?,9-,11+,12+/m0/s1. The Bertz CT molecular complexity index is 539. The van der Waals surface area contributed by atoms with Gasteiger partial charge in [0.25, 0.3) is 5.91 Å². The maximum absolute atomic E-state index is 12.9. The Hall–Kier alpha value is -2.13. The number of carbonyl (C=O) groups excluding carboxylic acids is 2. The van der Waals surface area contributed by atoms with E-state index in [1.54, 1.807) is 12.1 Å². The molecule has 0 aliphatic carbocycles. The minimum absolute atomic E-state index is 0.0375. The van der Waals surface area contributed by atoms with Crippen LogP contribution in [0.2, 0.25) is 0 Å². The summed E-state index contributed by atoms with van der Waals surface area (Å²) in [6.07, 6.45) is 0.810. The van der Waals surface area contributed by atoms with Crippen molar-refractivity contribution in [2.75, 3.05) is 13.6 Å². The second kappa shape index (κ2) is 6.55. The summed E-state index contributed by atoms with van der Waals surface area (Å²) >= 11 is 0. The van der Waals surface area contributed by atoms with Crippen LogP contribution in [0.15, 0.2) is 11.8 Å². The molecule has 2 heterocycles. The van der Waals surface area contributed by atoms with E-state index in [1.165, 1.54) is 18.0 Å². The number of amides is 2. The van der Waals surface area contributed by atoms with E-state index in [9.17, 15) is 14.4 Å².